The van der Waals surface area contributed by atoms with Crippen LogP contribution in [-0.4, -0.2) is 96.9 Å². The summed E-state index contributed by atoms with van der Waals surface area (Å²) in [6.07, 6.45) is 17.9. The van der Waals surface area contributed by atoms with Crippen molar-refractivity contribution in [1.82, 2.24) is 19.6 Å². The van der Waals surface area contributed by atoms with Crippen molar-refractivity contribution in [2.45, 2.75) is 118 Å². The summed E-state index contributed by atoms with van der Waals surface area (Å²) < 4.78 is 0. The minimum Gasteiger partial charge on any atom is -0.343 e. The molecule has 238 valence electrons. The number of halogens is 2. The molecule has 0 aliphatic carbocycles. The SMILES string of the molecule is Br.Br.CCN(CC)C(=O)C1CCCN(CCCCCCCCCCCCN2CCCC(C(=O)N(CC)CC)C2)C1. The van der Waals surface area contributed by atoms with E-state index in [0.29, 0.717) is 11.8 Å². The van der Waals surface area contributed by atoms with Crippen LogP contribution in [0.1, 0.15) is 118 Å². The van der Waals surface area contributed by atoms with Crippen molar-refractivity contribution < 1.29 is 9.59 Å². The Hall–Kier alpha value is -0.180. The van der Waals surface area contributed by atoms with Gasteiger partial charge in [0, 0.05) is 39.3 Å². The molecule has 40 heavy (non-hydrogen) atoms. The molecule has 2 saturated heterocycles. The predicted molar refractivity (Wildman–Crippen MR) is 181 cm³/mol. The molecule has 6 nitrogen and oxygen atoms in total. The number of carbonyl (C=O) groups is 2. The van der Waals surface area contributed by atoms with Gasteiger partial charge in [-0.05, 0) is 92.4 Å². The Balaban J connectivity index is 0.00000760. The third kappa shape index (κ3) is 14.8. The first-order valence-electron chi connectivity index (χ1n) is 16.6. The number of rotatable bonds is 19. The van der Waals surface area contributed by atoms with E-state index in [1.807, 2.05) is 9.80 Å². The number of nitrogens with zero attached hydrogens (tertiary/aromatic N) is 4. The first-order chi connectivity index (χ1) is 18.5. The van der Waals surface area contributed by atoms with Gasteiger partial charge in [0.15, 0.2) is 0 Å². The summed E-state index contributed by atoms with van der Waals surface area (Å²) in [5.74, 6) is 1.20. The van der Waals surface area contributed by atoms with Crippen LogP contribution in [0.2, 0.25) is 0 Å². The van der Waals surface area contributed by atoms with Crippen molar-refractivity contribution >= 4 is 45.8 Å². The minimum atomic E-state index is 0. The van der Waals surface area contributed by atoms with Crippen LogP contribution in [0.25, 0.3) is 0 Å². The maximum Gasteiger partial charge on any atom is 0.226 e. The second kappa shape index (κ2) is 24.3. The second-order valence-corrected chi connectivity index (χ2v) is 11.8. The Labute approximate surface area is 268 Å². The fourth-order valence-corrected chi connectivity index (χ4v) is 6.59. The molecule has 2 unspecified atom stereocenters. The molecule has 2 fully saturated rings. The van der Waals surface area contributed by atoms with E-state index in [9.17, 15) is 9.59 Å². The Morgan fingerprint density at radius 3 is 1.15 bits per heavy atom. The Morgan fingerprint density at radius 2 is 0.850 bits per heavy atom. The van der Waals surface area contributed by atoms with Gasteiger partial charge < -0.3 is 19.6 Å². The molecule has 0 spiro atoms. The van der Waals surface area contributed by atoms with Crippen LogP contribution in [0.5, 0.6) is 0 Å². The number of piperidine rings is 2. The molecule has 2 atom stereocenters. The lowest BCUT2D eigenvalue weighted by Crippen LogP contribution is -2.45. The molecule has 2 rings (SSSR count). The average Bonchev–Trinajstić information content (AvgIpc) is 2.95. The average molecular weight is 697 g/mol. The largest absolute Gasteiger partial charge is 0.343 e. The number of amides is 2. The van der Waals surface area contributed by atoms with Crippen LogP contribution in [0.4, 0.5) is 0 Å². The van der Waals surface area contributed by atoms with E-state index in [-0.39, 0.29) is 45.8 Å². The number of hydrogen-bond donors (Lipinski definition) is 0. The van der Waals surface area contributed by atoms with Gasteiger partial charge in [0.2, 0.25) is 11.8 Å². The van der Waals surface area contributed by atoms with Gasteiger partial charge in [-0.25, -0.2) is 0 Å². The molecule has 0 aromatic rings. The maximum atomic E-state index is 12.7. The summed E-state index contributed by atoms with van der Waals surface area (Å²) in [5.41, 5.74) is 0. The van der Waals surface area contributed by atoms with E-state index in [0.717, 1.165) is 52.1 Å². The van der Waals surface area contributed by atoms with Crippen molar-refractivity contribution in [3.05, 3.63) is 0 Å². The van der Waals surface area contributed by atoms with E-state index in [1.165, 1.54) is 103 Å². The Kier molecular flexibility index (Phi) is 24.2. The molecular formula is C32H64Br2N4O2. The van der Waals surface area contributed by atoms with Crippen molar-refractivity contribution in [2.75, 3.05) is 65.4 Å². The smallest absolute Gasteiger partial charge is 0.226 e. The third-order valence-corrected chi connectivity index (χ3v) is 9.06. The zero-order valence-corrected chi connectivity index (χ0v) is 30.0. The zero-order chi connectivity index (χ0) is 27.6. The number of carbonyl (C=O) groups excluding carboxylic acids is 2. The standard InChI is InChI=1S/C32H62N4O2.2BrH/c1-5-35(6-2)31(37)29-21-19-25-33(27-29)23-17-15-13-11-9-10-12-14-16-18-24-34-26-20-22-30(28-34)32(38)36(7-3)8-4;;/h29-30H,5-28H2,1-4H3;2*1H. The fourth-order valence-electron chi connectivity index (χ4n) is 6.59. The van der Waals surface area contributed by atoms with Crippen LogP contribution in [0, 0.1) is 11.8 Å². The van der Waals surface area contributed by atoms with E-state index in [1.54, 1.807) is 0 Å². The highest BCUT2D eigenvalue weighted by Crippen LogP contribution is 2.21. The monoisotopic (exact) mass is 694 g/mol. The fraction of sp³-hybridized carbons (Fsp3) is 0.938. The van der Waals surface area contributed by atoms with Crippen LogP contribution < -0.4 is 0 Å². The molecule has 0 bridgehead atoms. The van der Waals surface area contributed by atoms with Gasteiger partial charge in [-0.3, -0.25) is 9.59 Å². The van der Waals surface area contributed by atoms with Gasteiger partial charge in [-0.15, -0.1) is 34.0 Å². The molecule has 2 amide bonds. The van der Waals surface area contributed by atoms with E-state index in [2.05, 4.69) is 37.5 Å². The third-order valence-electron chi connectivity index (χ3n) is 9.06. The molecule has 2 aliphatic rings. The van der Waals surface area contributed by atoms with Crippen LogP contribution >= 0.6 is 34.0 Å². The van der Waals surface area contributed by atoms with E-state index < -0.39 is 0 Å². The highest BCUT2D eigenvalue weighted by Gasteiger charge is 2.29. The minimum absolute atomic E-state index is 0. The van der Waals surface area contributed by atoms with Crippen LogP contribution in [0.15, 0.2) is 0 Å². The molecule has 2 heterocycles. The van der Waals surface area contributed by atoms with Crippen molar-refractivity contribution in [3.8, 4) is 0 Å². The number of likely N-dealkylation sites (tertiary alicyclic amines) is 2. The highest BCUT2D eigenvalue weighted by atomic mass is 79.9. The van der Waals surface area contributed by atoms with Gasteiger partial charge >= 0.3 is 0 Å². The van der Waals surface area contributed by atoms with Crippen LogP contribution in [0.3, 0.4) is 0 Å². The topological polar surface area (TPSA) is 47.1 Å². The lowest BCUT2D eigenvalue weighted by Gasteiger charge is -2.34. The molecule has 0 aromatic carbocycles. The van der Waals surface area contributed by atoms with Gasteiger partial charge in [-0.1, -0.05) is 51.4 Å². The molecule has 0 aromatic heterocycles. The maximum absolute atomic E-state index is 12.7. The zero-order valence-electron chi connectivity index (χ0n) is 26.5. The highest BCUT2D eigenvalue weighted by molar-refractivity contribution is 8.93. The van der Waals surface area contributed by atoms with Crippen LogP contribution in [-0.2, 0) is 9.59 Å². The normalized spacial score (nSPS) is 19.9. The summed E-state index contributed by atoms with van der Waals surface area (Å²) in [6.45, 7) is 18.4. The molecular weight excluding hydrogens is 632 g/mol. The van der Waals surface area contributed by atoms with Crippen molar-refractivity contribution in [3.63, 3.8) is 0 Å². The van der Waals surface area contributed by atoms with Gasteiger partial charge in [0.1, 0.15) is 0 Å². The Morgan fingerprint density at radius 1 is 0.550 bits per heavy atom. The van der Waals surface area contributed by atoms with Crippen molar-refractivity contribution in [1.29, 1.82) is 0 Å². The summed E-state index contributed by atoms with van der Waals surface area (Å²) in [4.78, 5) is 34.5. The summed E-state index contributed by atoms with van der Waals surface area (Å²) >= 11 is 0. The molecule has 0 N–H and O–H groups in total. The van der Waals surface area contributed by atoms with Gasteiger partial charge in [-0.2, -0.15) is 0 Å². The molecule has 0 saturated carbocycles. The van der Waals surface area contributed by atoms with Crippen molar-refractivity contribution in [2.24, 2.45) is 11.8 Å². The first-order valence-corrected chi connectivity index (χ1v) is 16.6. The van der Waals surface area contributed by atoms with E-state index in [4.69, 9.17) is 0 Å². The lowest BCUT2D eigenvalue weighted by atomic mass is 9.96. The molecule has 0 radical (unpaired) electrons. The summed E-state index contributed by atoms with van der Waals surface area (Å²) in [7, 11) is 0. The molecule has 2 aliphatic heterocycles. The number of hydrogen-bond acceptors (Lipinski definition) is 4. The predicted octanol–water partition coefficient (Wildman–Crippen LogP) is 7.20. The number of unbranched alkanes of at least 4 members (excludes halogenated alkanes) is 9. The van der Waals surface area contributed by atoms with E-state index >= 15 is 0 Å². The first kappa shape index (κ1) is 39.8. The molecule has 8 heteroatoms. The quantitative estimate of drug-likeness (QED) is 0.134. The lowest BCUT2D eigenvalue weighted by molar-refractivity contribution is -0.137. The Bertz CT molecular complexity index is 592. The second-order valence-electron chi connectivity index (χ2n) is 11.8. The summed E-state index contributed by atoms with van der Waals surface area (Å²) in [5, 5.41) is 0. The summed E-state index contributed by atoms with van der Waals surface area (Å²) in [6, 6.07) is 0. The van der Waals surface area contributed by atoms with Gasteiger partial charge in [0.05, 0.1) is 11.8 Å². The van der Waals surface area contributed by atoms with Gasteiger partial charge in [0.25, 0.3) is 0 Å².